The number of hydrazone groups is 1. The summed E-state index contributed by atoms with van der Waals surface area (Å²) in [6.07, 6.45) is 2.98. The molecule has 1 aliphatic carbocycles. The first-order valence-corrected chi connectivity index (χ1v) is 13.1. The van der Waals surface area contributed by atoms with Crippen molar-refractivity contribution in [1.82, 2.24) is 19.8 Å². The van der Waals surface area contributed by atoms with E-state index in [0.29, 0.717) is 12.3 Å². The van der Waals surface area contributed by atoms with Gasteiger partial charge in [-0.3, -0.25) is 4.79 Å². The van der Waals surface area contributed by atoms with Crippen molar-refractivity contribution in [1.29, 1.82) is 0 Å². The van der Waals surface area contributed by atoms with Gasteiger partial charge in [-0.05, 0) is 52.9 Å². The van der Waals surface area contributed by atoms with Gasteiger partial charge < -0.3 is 9.30 Å². The Kier molecular flexibility index (Phi) is 5.97. The number of carbonyl (C=O) groups excluding carboxylic acids is 1. The number of hydrogen-bond acceptors (Lipinski definition) is 6. The SMILES string of the molecule is COc1ccc(C2CC(c3ccc4ccccc4c3)=NN2C(=O)CSc2nnc(C3CC3)n2C)cc1. The van der Waals surface area contributed by atoms with Crippen LogP contribution in [0.2, 0.25) is 0 Å². The van der Waals surface area contributed by atoms with E-state index in [1.54, 1.807) is 12.1 Å². The van der Waals surface area contributed by atoms with E-state index in [2.05, 4.69) is 40.5 Å². The summed E-state index contributed by atoms with van der Waals surface area (Å²) in [5.74, 6) is 2.51. The van der Waals surface area contributed by atoms with Crippen LogP contribution in [0.3, 0.4) is 0 Å². The smallest absolute Gasteiger partial charge is 0.253 e. The van der Waals surface area contributed by atoms with E-state index in [9.17, 15) is 4.79 Å². The molecule has 0 saturated heterocycles. The summed E-state index contributed by atoms with van der Waals surface area (Å²) in [4.78, 5) is 13.5. The lowest BCUT2D eigenvalue weighted by molar-refractivity contribution is -0.130. The summed E-state index contributed by atoms with van der Waals surface area (Å²) < 4.78 is 7.35. The van der Waals surface area contributed by atoms with Crippen molar-refractivity contribution in [2.75, 3.05) is 12.9 Å². The van der Waals surface area contributed by atoms with Crippen molar-refractivity contribution in [3.63, 3.8) is 0 Å². The molecule has 36 heavy (non-hydrogen) atoms. The number of rotatable bonds is 7. The molecule has 1 fully saturated rings. The monoisotopic (exact) mass is 497 g/mol. The summed E-state index contributed by atoms with van der Waals surface area (Å²) in [5.41, 5.74) is 2.98. The average Bonchev–Trinajstić information content (AvgIpc) is 3.55. The first-order chi connectivity index (χ1) is 17.6. The zero-order valence-electron chi connectivity index (χ0n) is 20.3. The minimum atomic E-state index is -0.174. The number of amides is 1. The van der Waals surface area contributed by atoms with E-state index in [1.807, 2.05) is 48.0 Å². The van der Waals surface area contributed by atoms with Gasteiger partial charge in [0.15, 0.2) is 5.16 Å². The quantitative estimate of drug-likeness (QED) is 0.323. The van der Waals surface area contributed by atoms with Gasteiger partial charge in [-0.2, -0.15) is 5.10 Å². The molecule has 2 heterocycles. The highest BCUT2D eigenvalue weighted by Crippen LogP contribution is 2.40. The fourth-order valence-electron chi connectivity index (χ4n) is 4.71. The Labute approximate surface area is 214 Å². The van der Waals surface area contributed by atoms with Crippen molar-refractivity contribution >= 4 is 34.2 Å². The zero-order valence-corrected chi connectivity index (χ0v) is 21.1. The van der Waals surface area contributed by atoms with Crippen molar-refractivity contribution in [2.45, 2.75) is 36.4 Å². The Morgan fingerprint density at radius 2 is 1.81 bits per heavy atom. The highest BCUT2D eigenvalue weighted by Gasteiger charge is 2.34. The number of aromatic nitrogens is 3. The summed E-state index contributed by atoms with van der Waals surface area (Å²) in [6.45, 7) is 0. The van der Waals surface area contributed by atoms with Gasteiger partial charge in [0.2, 0.25) is 0 Å². The Morgan fingerprint density at radius 1 is 1.03 bits per heavy atom. The van der Waals surface area contributed by atoms with E-state index < -0.39 is 0 Å². The average molecular weight is 498 g/mol. The minimum absolute atomic E-state index is 0.0485. The predicted octanol–water partition coefficient (Wildman–Crippen LogP) is 5.32. The van der Waals surface area contributed by atoms with Crippen LogP contribution in [-0.4, -0.2) is 44.3 Å². The molecule has 1 unspecified atom stereocenters. The van der Waals surface area contributed by atoms with Crippen molar-refractivity contribution < 1.29 is 9.53 Å². The molecule has 3 aromatic carbocycles. The van der Waals surface area contributed by atoms with Crippen LogP contribution in [0.25, 0.3) is 10.8 Å². The summed E-state index contributed by atoms with van der Waals surface area (Å²) in [5, 5.41) is 18.3. The Balaban J connectivity index is 1.27. The molecule has 0 N–H and O–H groups in total. The molecule has 2 aliphatic rings. The van der Waals surface area contributed by atoms with Crippen LogP contribution in [0.15, 0.2) is 77.0 Å². The highest BCUT2D eigenvalue weighted by atomic mass is 32.2. The third kappa shape index (κ3) is 4.37. The van der Waals surface area contributed by atoms with E-state index in [0.717, 1.165) is 39.0 Å². The Bertz CT molecular complexity index is 1460. The van der Waals surface area contributed by atoms with Gasteiger partial charge in [0.25, 0.3) is 5.91 Å². The molecule has 0 spiro atoms. The summed E-state index contributed by atoms with van der Waals surface area (Å²) in [7, 11) is 3.63. The van der Waals surface area contributed by atoms with Gasteiger partial charge in [-0.15, -0.1) is 10.2 Å². The minimum Gasteiger partial charge on any atom is -0.497 e. The fourth-order valence-corrected chi connectivity index (χ4v) is 5.48. The topological polar surface area (TPSA) is 72.6 Å². The van der Waals surface area contributed by atoms with Crippen LogP contribution in [0.5, 0.6) is 5.75 Å². The Morgan fingerprint density at radius 3 is 2.56 bits per heavy atom. The standard InChI is InChI=1S/C28H27N5O2S/c1-32-27(20-8-9-20)29-30-28(32)36-17-26(34)33-25(19-11-13-23(35-2)14-12-19)16-24(31-33)22-10-7-18-5-3-4-6-21(18)15-22/h3-7,10-15,20,25H,8-9,16-17H2,1-2H3. The summed E-state index contributed by atoms with van der Waals surface area (Å²) >= 11 is 1.42. The van der Waals surface area contributed by atoms with Gasteiger partial charge in [0.05, 0.1) is 24.6 Å². The molecular weight excluding hydrogens is 470 g/mol. The molecule has 182 valence electrons. The lowest BCUT2D eigenvalue weighted by Gasteiger charge is -2.22. The number of benzene rings is 3. The van der Waals surface area contributed by atoms with E-state index in [4.69, 9.17) is 9.84 Å². The molecule has 1 atom stereocenters. The van der Waals surface area contributed by atoms with Gasteiger partial charge in [-0.25, -0.2) is 5.01 Å². The van der Waals surface area contributed by atoms with Gasteiger partial charge in [-0.1, -0.05) is 60.3 Å². The molecule has 1 aliphatic heterocycles. The third-order valence-electron chi connectivity index (χ3n) is 6.88. The number of carbonyl (C=O) groups is 1. The summed E-state index contributed by atoms with van der Waals surface area (Å²) in [6, 6.07) is 22.4. The maximum Gasteiger partial charge on any atom is 0.253 e. The molecule has 1 aromatic heterocycles. The number of ether oxygens (including phenoxy) is 1. The van der Waals surface area contributed by atoms with E-state index in [1.165, 1.54) is 30.0 Å². The maximum atomic E-state index is 13.5. The second-order valence-electron chi connectivity index (χ2n) is 9.30. The number of nitrogens with zero attached hydrogens (tertiary/aromatic N) is 5. The highest BCUT2D eigenvalue weighted by molar-refractivity contribution is 7.99. The molecule has 1 saturated carbocycles. The lowest BCUT2D eigenvalue weighted by atomic mass is 9.97. The molecule has 0 radical (unpaired) electrons. The molecule has 0 bridgehead atoms. The van der Waals surface area contributed by atoms with Crippen LogP contribution in [0, 0.1) is 0 Å². The van der Waals surface area contributed by atoms with Crippen LogP contribution in [0.1, 0.15) is 48.2 Å². The number of hydrogen-bond donors (Lipinski definition) is 0. The molecule has 6 rings (SSSR count). The zero-order chi connectivity index (χ0) is 24.6. The Hall–Kier alpha value is -3.65. The third-order valence-corrected chi connectivity index (χ3v) is 7.89. The number of methoxy groups -OCH3 is 1. The second-order valence-corrected chi connectivity index (χ2v) is 10.2. The van der Waals surface area contributed by atoms with Crippen molar-refractivity contribution in [3.8, 4) is 5.75 Å². The normalized spacial score (nSPS) is 17.4. The fraction of sp³-hybridized carbons (Fsp3) is 0.286. The van der Waals surface area contributed by atoms with Gasteiger partial charge >= 0.3 is 0 Å². The van der Waals surface area contributed by atoms with Crippen LogP contribution >= 0.6 is 11.8 Å². The van der Waals surface area contributed by atoms with Gasteiger partial charge in [0, 0.05) is 19.4 Å². The molecular formula is C28H27N5O2S. The first kappa shape index (κ1) is 22.8. The first-order valence-electron chi connectivity index (χ1n) is 12.2. The largest absolute Gasteiger partial charge is 0.497 e. The van der Waals surface area contributed by atoms with Crippen molar-refractivity contribution in [3.05, 3.63) is 83.7 Å². The molecule has 4 aromatic rings. The molecule has 8 heteroatoms. The van der Waals surface area contributed by atoms with Crippen LogP contribution < -0.4 is 4.74 Å². The van der Waals surface area contributed by atoms with E-state index in [-0.39, 0.29) is 17.7 Å². The van der Waals surface area contributed by atoms with Crippen LogP contribution in [0.4, 0.5) is 0 Å². The number of fused-ring (bicyclic) bond motifs is 1. The second kappa shape index (κ2) is 9.43. The molecule has 1 amide bonds. The number of thioether (sulfide) groups is 1. The lowest BCUT2D eigenvalue weighted by Crippen LogP contribution is -2.28. The van der Waals surface area contributed by atoms with Gasteiger partial charge in [0.1, 0.15) is 11.6 Å². The predicted molar refractivity (Wildman–Crippen MR) is 141 cm³/mol. The maximum absolute atomic E-state index is 13.5. The van der Waals surface area contributed by atoms with Crippen molar-refractivity contribution in [2.24, 2.45) is 12.1 Å². The molecule has 7 nitrogen and oxygen atoms in total. The van der Waals surface area contributed by atoms with Crippen LogP contribution in [-0.2, 0) is 11.8 Å². The van der Waals surface area contributed by atoms with E-state index >= 15 is 0 Å².